The van der Waals surface area contributed by atoms with Crippen LogP contribution in [0.15, 0.2) is 6.20 Å². The zero-order chi connectivity index (χ0) is 11.4. The number of nitrogens with zero attached hydrogens (tertiary/aromatic N) is 3. The molecule has 0 fully saturated rings. The van der Waals surface area contributed by atoms with Crippen LogP contribution in [0, 0.1) is 5.92 Å². The van der Waals surface area contributed by atoms with E-state index in [1.807, 2.05) is 6.92 Å². The molecular formula is C10H18N4O. The quantitative estimate of drug-likeness (QED) is 0.815. The maximum atomic E-state index is 11.8. The SMILES string of the molecule is CC(C)CC(C)N(C)C(=O)c1cn[nH]n1. The summed E-state index contributed by atoms with van der Waals surface area (Å²) in [5.74, 6) is 0.490. The average Bonchev–Trinajstić information content (AvgIpc) is 2.67. The number of aromatic nitrogens is 3. The minimum atomic E-state index is -0.0862. The molecule has 1 amide bonds. The molecule has 0 aliphatic heterocycles. The van der Waals surface area contributed by atoms with Crippen molar-refractivity contribution in [2.24, 2.45) is 5.92 Å². The number of rotatable bonds is 4. The Labute approximate surface area is 89.9 Å². The maximum absolute atomic E-state index is 11.8. The van der Waals surface area contributed by atoms with Crippen LogP contribution in [-0.4, -0.2) is 39.3 Å². The number of carbonyl (C=O) groups excluding carboxylic acids is 1. The largest absolute Gasteiger partial charge is 0.338 e. The Morgan fingerprint density at radius 3 is 2.67 bits per heavy atom. The highest BCUT2D eigenvalue weighted by Crippen LogP contribution is 2.11. The first kappa shape index (κ1) is 11.7. The Morgan fingerprint density at radius 2 is 2.20 bits per heavy atom. The lowest BCUT2D eigenvalue weighted by Gasteiger charge is -2.25. The summed E-state index contributed by atoms with van der Waals surface area (Å²) in [6, 6.07) is 0.217. The van der Waals surface area contributed by atoms with Crippen molar-refractivity contribution >= 4 is 5.91 Å². The number of carbonyl (C=O) groups is 1. The molecule has 0 radical (unpaired) electrons. The lowest BCUT2D eigenvalue weighted by atomic mass is 10.0. The molecule has 0 saturated carbocycles. The zero-order valence-corrected chi connectivity index (χ0v) is 9.69. The molecule has 0 spiro atoms. The second kappa shape index (κ2) is 4.91. The van der Waals surface area contributed by atoms with Crippen molar-refractivity contribution in [2.45, 2.75) is 33.2 Å². The molecule has 0 aromatic carbocycles. The normalized spacial score (nSPS) is 12.9. The molecule has 84 valence electrons. The summed E-state index contributed by atoms with van der Waals surface area (Å²) in [6.45, 7) is 6.33. The standard InChI is InChI=1S/C10H18N4O/c1-7(2)5-8(3)14(4)10(15)9-6-11-13-12-9/h6-8H,5H2,1-4H3,(H,11,12,13). The molecule has 1 aromatic rings. The molecule has 1 rings (SSSR count). The van der Waals surface area contributed by atoms with Crippen molar-refractivity contribution in [3.05, 3.63) is 11.9 Å². The summed E-state index contributed by atoms with van der Waals surface area (Å²) in [5.41, 5.74) is 0.369. The third-order valence-electron chi connectivity index (χ3n) is 2.43. The van der Waals surface area contributed by atoms with Gasteiger partial charge in [-0.1, -0.05) is 13.8 Å². The number of hydrogen-bond acceptors (Lipinski definition) is 3. The topological polar surface area (TPSA) is 61.9 Å². The molecule has 1 unspecified atom stereocenters. The first-order valence-corrected chi connectivity index (χ1v) is 5.15. The van der Waals surface area contributed by atoms with Crippen LogP contribution in [0.3, 0.4) is 0 Å². The van der Waals surface area contributed by atoms with Gasteiger partial charge in [0.15, 0.2) is 5.69 Å². The molecule has 15 heavy (non-hydrogen) atoms. The lowest BCUT2D eigenvalue weighted by Crippen LogP contribution is -2.36. The minimum Gasteiger partial charge on any atom is -0.338 e. The van der Waals surface area contributed by atoms with E-state index in [4.69, 9.17) is 0 Å². The van der Waals surface area contributed by atoms with Gasteiger partial charge in [-0.25, -0.2) is 0 Å². The molecule has 0 bridgehead atoms. The highest BCUT2D eigenvalue weighted by molar-refractivity contribution is 5.91. The predicted molar refractivity (Wildman–Crippen MR) is 57.4 cm³/mol. The second-order valence-electron chi connectivity index (χ2n) is 4.25. The van der Waals surface area contributed by atoms with Crippen LogP contribution < -0.4 is 0 Å². The van der Waals surface area contributed by atoms with Gasteiger partial charge in [-0.3, -0.25) is 4.79 Å². The van der Waals surface area contributed by atoms with E-state index in [0.29, 0.717) is 11.6 Å². The van der Waals surface area contributed by atoms with E-state index < -0.39 is 0 Å². The molecule has 1 N–H and O–H groups in total. The summed E-state index contributed by atoms with van der Waals surface area (Å²) in [7, 11) is 1.80. The van der Waals surface area contributed by atoms with Crippen LogP contribution in [0.25, 0.3) is 0 Å². The number of amides is 1. The molecule has 0 aliphatic carbocycles. The summed E-state index contributed by atoms with van der Waals surface area (Å²) >= 11 is 0. The predicted octanol–water partition coefficient (Wildman–Crippen LogP) is 1.31. The van der Waals surface area contributed by atoms with Gasteiger partial charge in [0.2, 0.25) is 0 Å². The average molecular weight is 210 g/mol. The zero-order valence-electron chi connectivity index (χ0n) is 9.69. The highest BCUT2D eigenvalue weighted by atomic mass is 16.2. The van der Waals surface area contributed by atoms with E-state index in [0.717, 1.165) is 6.42 Å². The first-order chi connectivity index (χ1) is 7.02. The third-order valence-corrected chi connectivity index (χ3v) is 2.43. The lowest BCUT2D eigenvalue weighted by molar-refractivity contribution is 0.0722. The van der Waals surface area contributed by atoms with E-state index in [9.17, 15) is 4.79 Å². The summed E-state index contributed by atoms with van der Waals surface area (Å²) in [6.07, 6.45) is 2.43. The first-order valence-electron chi connectivity index (χ1n) is 5.15. The molecule has 5 nitrogen and oxygen atoms in total. The van der Waals surface area contributed by atoms with Gasteiger partial charge >= 0.3 is 0 Å². The van der Waals surface area contributed by atoms with Crippen LogP contribution >= 0.6 is 0 Å². The van der Waals surface area contributed by atoms with Gasteiger partial charge in [0.25, 0.3) is 5.91 Å². The molecule has 1 atom stereocenters. The molecular weight excluding hydrogens is 192 g/mol. The third kappa shape index (κ3) is 3.04. The molecule has 1 aromatic heterocycles. The van der Waals surface area contributed by atoms with E-state index in [-0.39, 0.29) is 11.9 Å². The molecule has 0 saturated heterocycles. The molecule has 5 heteroatoms. The maximum Gasteiger partial charge on any atom is 0.276 e. The van der Waals surface area contributed by atoms with Gasteiger partial charge in [0.05, 0.1) is 6.20 Å². The van der Waals surface area contributed by atoms with Gasteiger partial charge in [-0.05, 0) is 19.3 Å². The van der Waals surface area contributed by atoms with Crippen molar-refractivity contribution in [2.75, 3.05) is 7.05 Å². The van der Waals surface area contributed by atoms with Crippen molar-refractivity contribution in [1.82, 2.24) is 20.3 Å². The Bertz CT molecular complexity index is 307. The highest BCUT2D eigenvalue weighted by Gasteiger charge is 2.19. The van der Waals surface area contributed by atoms with Crippen LogP contribution in [0.5, 0.6) is 0 Å². The monoisotopic (exact) mass is 210 g/mol. The van der Waals surface area contributed by atoms with Crippen LogP contribution in [0.2, 0.25) is 0 Å². The Kier molecular flexibility index (Phi) is 3.82. The fourth-order valence-electron chi connectivity index (χ4n) is 1.53. The van der Waals surface area contributed by atoms with E-state index in [2.05, 4.69) is 29.3 Å². The van der Waals surface area contributed by atoms with Crippen molar-refractivity contribution in [3.63, 3.8) is 0 Å². The summed E-state index contributed by atoms with van der Waals surface area (Å²) < 4.78 is 0. The molecule has 1 heterocycles. The number of H-pyrrole nitrogens is 1. The van der Waals surface area contributed by atoms with Crippen molar-refractivity contribution in [3.8, 4) is 0 Å². The van der Waals surface area contributed by atoms with Gasteiger partial charge in [0.1, 0.15) is 0 Å². The van der Waals surface area contributed by atoms with E-state index in [1.54, 1.807) is 11.9 Å². The van der Waals surface area contributed by atoms with Crippen molar-refractivity contribution in [1.29, 1.82) is 0 Å². The van der Waals surface area contributed by atoms with Crippen LogP contribution in [0.4, 0.5) is 0 Å². The second-order valence-corrected chi connectivity index (χ2v) is 4.25. The minimum absolute atomic E-state index is 0.0862. The van der Waals surface area contributed by atoms with Gasteiger partial charge in [0, 0.05) is 13.1 Å². The Balaban J connectivity index is 2.60. The summed E-state index contributed by atoms with van der Waals surface area (Å²) in [4.78, 5) is 13.5. The fraction of sp³-hybridized carbons (Fsp3) is 0.700. The van der Waals surface area contributed by atoms with Crippen LogP contribution in [-0.2, 0) is 0 Å². The fourth-order valence-corrected chi connectivity index (χ4v) is 1.53. The van der Waals surface area contributed by atoms with Crippen molar-refractivity contribution < 1.29 is 4.79 Å². The smallest absolute Gasteiger partial charge is 0.276 e. The van der Waals surface area contributed by atoms with Crippen LogP contribution in [0.1, 0.15) is 37.7 Å². The van der Waals surface area contributed by atoms with Gasteiger partial charge in [-0.15, -0.1) is 0 Å². The molecule has 0 aliphatic rings. The Morgan fingerprint density at radius 1 is 1.53 bits per heavy atom. The Hall–Kier alpha value is -1.39. The number of nitrogens with one attached hydrogen (secondary N) is 1. The van der Waals surface area contributed by atoms with Gasteiger partial charge < -0.3 is 4.90 Å². The van der Waals surface area contributed by atoms with E-state index >= 15 is 0 Å². The van der Waals surface area contributed by atoms with Gasteiger partial charge in [-0.2, -0.15) is 15.4 Å². The summed E-state index contributed by atoms with van der Waals surface area (Å²) in [5, 5.41) is 9.83. The number of aromatic amines is 1. The number of hydrogen-bond donors (Lipinski definition) is 1. The van der Waals surface area contributed by atoms with E-state index in [1.165, 1.54) is 6.20 Å².